The maximum atomic E-state index is 6.16. The van der Waals surface area contributed by atoms with Gasteiger partial charge < -0.3 is 10.1 Å². The molecule has 0 saturated carbocycles. The average Bonchev–Trinajstić information content (AvgIpc) is 2.24. The largest absolute Gasteiger partial charge is 0.371 e. The van der Waals surface area contributed by atoms with Crippen molar-refractivity contribution < 1.29 is 4.74 Å². The first-order chi connectivity index (χ1) is 7.18. The quantitative estimate of drug-likeness (QED) is 0.794. The molecule has 0 spiro atoms. The van der Waals surface area contributed by atoms with Gasteiger partial charge in [-0.25, -0.2) is 0 Å². The molecule has 1 N–H and O–H groups in total. The molecule has 0 aromatic heterocycles. The zero-order chi connectivity index (χ0) is 10.8. The summed E-state index contributed by atoms with van der Waals surface area (Å²) < 4.78 is 5.73. The van der Waals surface area contributed by atoms with Gasteiger partial charge in [-0.3, -0.25) is 0 Å². The fourth-order valence-corrected chi connectivity index (χ4v) is 2.22. The molecule has 0 aliphatic carbocycles. The molecular weight excluding hydrogens is 210 g/mol. The maximum absolute atomic E-state index is 6.16. The molecule has 82 valence electrons. The molecule has 1 saturated heterocycles. The molecular formula is C12H16ClNO. The molecule has 1 heterocycles. The molecule has 0 amide bonds. The molecule has 1 atom stereocenters. The highest BCUT2D eigenvalue weighted by Crippen LogP contribution is 2.28. The van der Waals surface area contributed by atoms with Gasteiger partial charge in [0.1, 0.15) is 0 Å². The Morgan fingerprint density at radius 1 is 1.40 bits per heavy atom. The molecule has 2 nitrogen and oxygen atoms in total. The minimum atomic E-state index is 0.149. The summed E-state index contributed by atoms with van der Waals surface area (Å²) in [5, 5.41) is 4.16. The first-order valence-electron chi connectivity index (χ1n) is 5.27. The molecule has 1 aromatic rings. The Bertz CT molecular complexity index is 359. The standard InChI is InChI=1S/C12H16ClNO/c1-8-5-10(9(2)11(13)6-8)12-7-14-3-4-15-12/h5-6,12,14H,3-4,7H2,1-2H3. The number of hydrogen-bond donors (Lipinski definition) is 1. The van der Waals surface area contributed by atoms with E-state index in [2.05, 4.69) is 25.2 Å². The van der Waals surface area contributed by atoms with E-state index in [0.29, 0.717) is 0 Å². The van der Waals surface area contributed by atoms with Gasteiger partial charge in [0.2, 0.25) is 0 Å². The zero-order valence-electron chi connectivity index (χ0n) is 9.14. The summed E-state index contributed by atoms with van der Waals surface area (Å²) in [5.41, 5.74) is 3.54. The third-order valence-corrected chi connectivity index (χ3v) is 3.20. The van der Waals surface area contributed by atoms with E-state index in [9.17, 15) is 0 Å². The van der Waals surface area contributed by atoms with Gasteiger partial charge in [-0.15, -0.1) is 0 Å². The van der Waals surface area contributed by atoms with Crippen molar-refractivity contribution in [3.63, 3.8) is 0 Å². The Balaban J connectivity index is 2.33. The average molecular weight is 226 g/mol. The van der Waals surface area contributed by atoms with Crippen LogP contribution in [0.2, 0.25) is 5.02 Å². The van der Waals surface area contributed by atoms with Crippen LogP contribution in [-0.4, -0.2) is 19.7 Å². The van der Waals surface area contributed by atoms with Gasteiger partial charge in [-0.05, 0) is 36.6 Å². The summed E-state index contributed by atoms with van der Waals surface area (Å²) in [6.07, 6.45) is 0.149. The highest BCUT2D eigenvalue weighted by molar-refractivity contribution is 6.31. The number of morpholine rings is 1. The lowest BCUT2D eigenvalue weighted by Gasteiger charge is -2.26. The summed E-state index contributed by atoms with van der Waals surface area (Å²) in [6.45, 7) is 6.70. The summed E-state index contributed by atoms with van der Waals surface area (Å²) in [5.74, 6) is 0. The smallest absolute Gasteiger partial charge is 0.0953 e. The van der Waals surface area contributed by atoms with Gasteiger partial charge in [0.05, 0.1) is 12.7 Å². The van der Waals surface area contributed by atoms with Crippen molar-refractivity contribution in [2.45, 2.75) is 20.0 Å². The van der Waals surface area contributed by atoms with Gasteiger partial charge >= 0.3 is 0 Å². The van der Waals surface area contributed by atoms with E-state index in [1.54, 1.807) is 0 Å². The van der Waals surface area contributed by atoms with Crippen LogP contribution in [0.4, 0.5) is 0 Å². The normalized spacial score (nSPS) is 21.7. The number of halogens is 1. The van der Waals surface area contributed by atoms with Crippen molar-refractivity contribution in [1.82, 2.24) is 5.32 Å². The van der Waals surface area contributed by atoms with E-state index >= 15 is 0 Å². The molecule has 3 heteroatoms. The van der Waals surface area contributed by atoms with E-state index in [4.69, 9.17) is 16.3 Å². The molecule has 0 radical (unpaired) electrons. The van der Waals surface area contributed by atoms with Crippen LogP contribution >= 0.6 is 11.6 Å². The minimum Gasteiger partial charge on any atom is -0.371 e. The van der Waals surface area contributed by atoms with Gasteiger partial charge in [-0.1, -0.05) is 17.7 Å². The van der Waals surface area contributed by atoms with Crippen molar-refractivity contribution in [2.24, 2.45) is 0 Å². The zero-order valence-corrected chi connectivity index (χ0v) is 9.90. The van der Waals surface area contributed by atoms with Crippen LogP contribution in [0.15, 0.2) is 12.1 Å². The van der Waals surface area contributed by atoms with Crippen molar-refractivity contribution in [2.75, 3.05) is 19.7 Å². The lowest BCUT2D eigenvalue weighted by atomic mass is 10.00. The van der Waals surface area contributed by atoms with E-state index < -0.39 is 0 Å². The molecule has 1 unspecified atom stereocenters. The highest BCUT2D eigenvalue weighted by atomic mass is 35.5. The van der Waals surface area contributed by atoms with Crippen molar-refractivity contribution in [3.8, 4) is 0 Å². The van der Waals surface area contributed by atoms with Gasteiger partial charge in [-0.2, -0.15) is 0 Å². The Morgan fingerprint density at radius 3 is 2.87 bits per heavy atom. The van der Waals surface area contributed by atoms with Crippen LogP contribution in [0.5, 0.6) is 0 Å². The van der Waals surface area contributed by atoms with Gasteiger partial charge in [0.15, 0.2) is 0 Å². The van der Waals surface area contributed by atoms with Gasteiger partial charge in [0, 0.05) is 18.1 Å². The monoisotopic (exact) mass is 225 g/mol. The molecule has 0 bridgehead atoms. The highest BCUT2D eigenvalue weighted by Gasteiger charge is 2.18. The summed E-state index contributed by atoms with van der Waals surface area (Å²) in [6, 6.07) is 4.16. The van der Waals surface area contributed by atoms with Crippen molar-refractivity contribution in [3.05, 3.63) is 33.8 Å². The van der Waals surface area contributed by atoms with E-state index in [1.807, 2.05) is 6.07 Å². The molecule has 2 rings (SSSR count). The topological polar surface area (TPSA) is 21.3 Å². The van der Waals surface area contributed by atoms with Crippen LogP contribution < -0.4 is 5.32 Å². The number of aryl methyl sites for hydroxylation is 1. The minimum absolute atomic E-state index is 0.149. The first kappa shape index (κ1) is 10.9. The second-order valence-corrected chi connectivity index (χ2v) is 4.43. The third kappa shape index (κ3) is 2.33. The first-order valence-corrected chi connectivity index (χ1v) is 5.65. The lowest BCUT2D eigenvalue weighted by Crippen LogP contribution is -2.33. The summed E-state index contributed by atoms with van der Waals surface area (Å²) in [7, 11) is 0. The molecule has 1 fully saturated rings. The number of ether oxygens (including phenoxy) is 1. The SMILES string of the molecule is Cc1cc(Cl)c(C)c(C2CNCCO2)c1. The van der Waals surface area contributed by atoms with E-state index in [1.165, 1.54) is 11.1 Å². The van der Waals surface area contributed by atoms with E-state index in [-0.39, 0.29) is 6.10 Å². The fourth-order valence-electron chi connectivity index (χ4n) is 1.94. The van der Waals surface area contributed by atoms with Crippen LogP contribution in [0.25, 0.3) is 0 Å². The fraction of sp³-hybridized carbons (Fsp3) is 0.500. The summed E-state index contributed by atoms with van der Waals surface area (Å²) >= 11 is 6.16. The molecule has 1 aliphatic heterocycles. The van der Waals surface area contributed by atoms with Gasteiger partial charge in [0.25, 0.3) is 0 Å². The van der Waals surface area contributed by atoms with Crippen LogP contribution in [0, 0.1) is 13.8 Å². The second-order valence-electron chi connectivity index (χ2n) is 4.02. The Labute approximate surface area is 95.6 Å². The Kier molecular flexibility index (Phi) is 3.29. The number of hydrogen-bond acceptors (Lipinski definition) is 2. The Hall–Kier alpha value is -0.570. The predicted octanol–water partition coefficient (Wildman–Crippen LogP) is 2.62. The summed E-state index contributed by atoms with van der Waals surface area (Å²) in [4.78, 5) is 0. The molecule has 15 heavy (non-hydrogen) atoms. The van der Waals surface area contributed by atoms with Crippen LogP contribution in [0.3, 0.4) is 0 Å². The lowest BCUT2D eigenvalue weighted by molar-refractivity contribution is 0.0273. The second kappa shape index (κ2) is 4.52. The van der Waals surface area contributed by atoms with Crippen molar-refractivity contribution in [1.29, 1.82) is 0 Å². The number of nitrogens with one attached hydrogen (secondary N) is 1. The predicted molar refractivity (Wildman–Crippen MR) is 62.5 cm³/mol. The third-order valence-electron chi connectivity index (χ3n) is 2.80. The van der Waals surface area contributed by atoms with Crippen LogP contribution in [-0.2, 0) is 4.74 Å². The molecule has 1 aromatic carbocycles. The number of benzene rings is 1. The van der Waals surface area contributed by atoms with Crippen LogP contribution in [0.1, 0.15) is 22.8 Å². The molecule has 1 aliphatic rings. The number of rotatable bonds is 1. The Morgan fingerprint density at radius 2 is 2.20 bits per heavy atom. The maximum Gasteiger partial charge on any atom is 0.0953 e. The van der Waals surface area contributed by atoms with Crippen molar-refractivity contribution >= 4 is 11.6 Å². The van der Waals surface area contributed by atoms with E-state index in [0.717, 1.165) is 30.3 Å².